The van der Waals surface area contributed by atoms with Crippen LogP contribution in [0.25, 0.3) is 0 Å². The summed E-state index contributed by atoms with van der Waals surface area (Å²) >= 11 is 0. The average Bonchev–Trinajstić information content (AvgIpc) is 2.67. The highest BCUT2D eigenvalue weighted by molar-refractivity contribution is 5.91. The molecule has 1 heterocycles. The molecule has 2 rings (SSSR count). The highest BCUT2D eigenvalue weighted by Crippen LogP contribution is 2.30. The fourth-order valence-corrected chi connectivity index (χ4v) is 2.51. The molecule has 0 saturated heterocycles. The predicted molar refractivity (Wildman–Crippen MR) is 70.5 cm³/mol. The van der Waals surface area contributed by atoms with Gasteiger partial charge in [0.25, 0.3) is 0 Å². The summed E-state index contributed by atoms with van der Waals surface area (Å²) in [5, 5.41) is 9.05. The van der Waals surface area contributed by atoms with Gasteiger partial charge in [0.2, 0.25) is 0 Å². The van der Waals surface area contributed by atoms with Crippen LogP contribution in [0.15, 0.2) is 35.5 Å². The van der Waals surface area contributed by atoms with Gasteiger partial charge in [-0.05, 0) is 38.2 Å². The van der Waals surface area contributed by atoms with Crippen LogP contribution in [0.3, 0.4) is 0 Å². The fraction of sp³-hybridized carbons (Fsp3) is 0.467. The van der Waals surface area contributed by atoms with Crippen molar-refractivity contribution in [2.45, 2.75) is 38.7 Å². The number of hydrogen-bond acceptors (Lipinski definition) is 3. The highest BCUT2D eigenvalue weighted by Gasteiger charge is 2.28. The van der Waals surface area contributed by atoms with Crippen molar-refractivity contribution in [1.82, 2.24) is 0 Å². The first kappa shape index (κ1) is 13.6. The molecule has 0 radical (unpaired) electrons. The smallest absolute Gasteiger partial charge is 0.334 e. The monoisotopic (exact) mass is 262 g/mol. The van der Waals surface area contributed by atoms with E-state index in [2.05, 4.69) is 6.58 Å². The van der Waals surface area contributed by atoms with Gasteiger partial charge in [-0.2, -0.15) is 0 Å². The van der Waals surface area contributed by atoms with Gasteiger partial charge in [-0.3, -0.25) is 0 Å². The largest absolute Gasteiger partial charge is 0.478 e. The number of aliphatic carboxylic acids is 1. The number of ether oxygens (including phenoxy) is 1. The first-order valence-corrected chi connectivity index (χ1v) is 6.46. The molecule has 4 heteroatoms. The molecular weight excluding hydrogens is 244 g/mol. The van der Waals surface area contributed by atoms with Crippen molar-refractivity contribution in [3.63, 3.8) is 0 Å². The van der Waals surface area contributed by atoms with Crippen molar-refractivity contribution >= 4 is 11.9 Å². The number of rotatable bonds is 2. The summed E-state index contributed by atoms with van der Waals surface area (Å²) < 4.78 is 5.26. The van der Waals surface area contributed by atoms with Gasteiger partial charge in [0, 0.05) is 17.6 Å². The Kier molecular flexibility index (Phi) is 3.88. The van der Waals surface area contributed by atoms with E-state index in [0.717, 1.165) is 5.57 Å². The fourth-order valence-electron chi connectivity index (χ4n) is 2.51. The van der Waals surface area contributed by atoms with Gasteiger partial charge in [-0.15, -0.1) is 0 Å². The minimum atomic E-state index is -0.964. The van der Waals surface area contributed by atoms with Crippen molar-refractivity contribution in [3.05, 3.63) is 35.5 Å². The summed E-state index contributed by atoms with van der Waals surface area (Å²) in [6.07, 6.45) is 6.25. The molecule has 0 saturated carbocycles. The van der Waals surface area contributed by atoms with E-state index in [1.165, 1.54) is 0 Å². The van der Waals surface area contributed by atoms with Crippen LogP contribution in [0.4, 0.5) is 0 Å². The van der Waals surface area contributed by atoms with Crippen LogP contribution in [-0.4, -0.2) is 23.1 Å². The maximum atomic E-state index is 11.7. The van der Waals surface area contributed by atoms with Crippen molar-refractivity contribution in [1.29, 1.82) is 0 Å². The van der Waals surface area contributed by atoms with Crippen molar-refractivity contribution in [2.75, 3.05) is 0 Å². The van der Waals surface area contributed by atoms with Crippen molar-refractivity contribution < 1.29 is 19.4 Å². The lowest BCUT2D eigenvalue weighted by atomic mass is 9.88. The molecule has 0 amide bonds. The molecule has 1 aliphatic carbocycles. The Hall–Kier alpha value is -1.84. The lowest BCUT2D eigenvalue weighted by Gasteiger charge is -2.16. The number of carboxylic acids is 1. The third-order valence-electron chi connectivity index (χ3n) is 3.71. The minimum Gasteiger partial charge on any atom is -0.478 e. The molecule has 2 bridgehead atoms. The zero-order chi connectivity index (χ0) is 14.0. The van der Waals surface area contributed by atoms with Crippen LogP contribution in [0.5, 0.6) is 0 Å². The van der Waals surface area contributed by atoms with E-state index in [1.54, 1.807) is 0 Å². The topological polar surface area (TPSA) is 63.6 Å². The highest BCUT2D eigenvalue weighted by atomic mass is 16.5. The molecule has 0 spiro atoms. The molecule has 1 N–H and O–H groups in total. The summed E-state index contributed by atoms with van der Waals surface area (Å²) in [5.74, 6) is -1.35. The van der Waals surface area contributed by atoms with Gasteiger partial charge in [0.1, 0.15) is 6.10 Å². The first-order valence-electron chi connectivity index (χ1n) is 6.46. The Balaban J connectivity index is 2.19. The lowest BCUT2D eigenvalue weighted by Crippen LogP contribution is -2.12. The molecule has 2 atom stereocenters. The molecular formula is C15H18O4. The van der Waals surface area contributed by atoms with Crippen LogP contribution in [-0.2, 0) is 14.3 Å². The van der Waals surface area contributed by atoms with E-state index in [-0.39, 0.29) is 23.6 Å². The zero-order valence-electron chi connectivity index (χ0n) is 11.0. The number of allylic oxidation sites excluding steroid dienone is 1. The molecule has 0 aromatic heterocycles. The van der Waals surface area contributed by atoms with Gasteiger partial charge in [-0.25, -0.2) is 9.59 Å². The van der Waals surface area contributed by atoms with E-state index in [1.807, 2.05) is 19.1 Å². The maximum absolute atomic E-state index is 11.7. The van der Waals surface area contributed by atoms with Gasteiger partial charge in [0.15, 0.2) is 0 Å². The second kappa shape index (κ2) is 5.43. The van der Waals surface area contributed by atoms with Crippen LogP contribution < -0.4 is 0 Å². The number of carbonyl (C=O) groups excluding carboxylic acids is 1. The van der Waals surface area contributed by atoms with Crippen LogP contribution >= 0.6 is 0 Å². The molecule has 0 aromatic rings. The maximum Gasteiger partial charge on any atom is 0.334 e. The molecule has 4 nitrogen and oxygen atoms in total. The Morgan fingerprint density at radius 3 is 2.95 bits per heavy atom. The number of hydrogen-bond donors (Lipinski definition) is 1. The number of carboxylic acid groups (broad SMARTS) is 1. The standard InChI is InChI=1S/C15H18O4/c1-9-3-4-11(10(2)14(16)17)5-6-12-8-13(7-9)19-15(12)18/h3,8,11,13H,2,4-7H2,1H3,(H,16,17)/b9-3+. The molecule has 102 valence electrons. The third kappa shape index (κ3) is 3.13. The Labute approximate surface area is 112 Å². The van der Waals surface area contributed by atoms with E-state index in [4.69, 9.17) is 9.84 Å². The number of fused-ring (bicyclic) bond motifs is 1. The van der Waals surface area contributed by atoms with Crippen LogP contribution in [0, 0.1) is 5.92 Å². The lowest BCUT2D eigenvalue weighted by molar-refractivity contribution is -0.139. The van der Waals surface area contributed by atoms with Gasteiger partial charge in [-0.1, -0.05) is 18.2 Å². The second-order valence-electron chi connectivity index (χ2n) is 5.19. The summed E-state index contributed by atoms with van der Waals surface area (Å²) in [4.78, 5) is 22.7. The summed E-state index contributed by atoms with van der Waals surface area (Å²) in [7, 11) is 0. The zero-order valence-corrected chi connectivity index (χ0v) is 11.0. The van der Waals surface area contributed by atoms with Crippen molar-refractivity contribution in [3.8, 4) is 0 Å². The Morgan fingerprint density at radius 1 is 1.53 bits per heavy atom. The molecule has 2 aliphatic rings. The minimum absolute atomic E-state index is 0.127. The molecule has 0 fully saturated rings. The normalized spacial score (nSPS) is 29.8. The first-order chi connectivity index (χ1) is 8.97. The molecule has 2 unspecified atom stereocenters. The average molecular weight is 262 g/mol. The second-order valence-corrected chi connectivity index (χ2v) is 5.19. The number of esters is 1. The molecule has 19 heavy (non-hydrogen) atoms. The van der Waals surface area contributed by atoms with Crippen LogP contribution in [0.1, 0.15) is 32.6 Å². The van der Waals surface area contributed by atoms with Gasteiger partial charge < -0.3 is 9.84 Å². The SMILES string of the molecule is C=C(C(=O)O)C1C/C=C(\C)CC2C=C(CC1)C(=O)O2. The summed E-state index contributed by atoms with van der Waals surface area (Å²) in [6, 6.07) is 0. The van der Waals surface area contributed by atoms with Gasteiger partial charge >= 0.3 is 11.9 Å². The van der Waals surface area contributed by atoms with Crippen LogP contribution in [0.2, 0.25) is 0 Å². The number of carbonyl (C=O) groups is 2. The van der Waals surface area contributed by atoms with E-state index >= 15 is 0 Å². The molecule has 0 aromatic carbocycles. The molecule has 1 aliphatic heterocycles. The summed E-state index contributed by atoms with van der Waals surface area (Å²) in [6.45, 7) is 5.62. The summed E-state index contributed by atoms with van der Waals surface area (Å²) in [5.41, 5.74) is 2.00. The van der Waals surface area contributed by atoms with E-state index in [0.29, 0.717) is 31.3 Å². The van der Waals surface area contributed by atoms with E-state index < -0.39 is 5.97 Å². The Bertz CT molecular complexity index is 484. The predicted octanol–water partition coefficient (Wildman–Crippen LogP) is 2.62. The van der Waals surface area contributed by atoms with Crippen molar-refractivity contribution in [2.24, 2.45) is 5.92 Å². The quantitative estimate of drug-likeness (QED) is 0.472. The van der Waals surface area contributed by atoms with Gasteiger partial charge in [0.05, 0.1) is 0 Å². The third-order valence-corrected chi connectivity index (χ3v) is 3.71. The van der Waals surface area contributed by atoms with E-state index in [9.17, 15) is 9.59 Å². The Morgan fingerprint density at radius 2 is 2.26 bits per heavy atom.